The fourth-order valence-electron chi connectivity index (χ4n) is 3.22. The van der Waals surface area contributed by atoms with Gasteiger partial charge in [0.1, 0.15) is 0 Å². The second-order valence-electron chi connectivity index (χ2n) is 5.73. The number of hydrogen-bond donors (Lipinski definition) is 1. The van der Waals surface area contributed by atoms with E-state index in [4.69, 9.17) is 5.26 Å². The van der Waals surface area contributed by atoms with Crippen LogP contribution in [-0.4, -0.2) is 6.04 Å². The maximum Gasteiger partial charge on any atom is 0.417 e. The van der Waals surface area contributed by atoms with Gasteiger partial charge in [-0.15, -0.1) is 0 Å². The molecule has 21 heavy (non-hydrogen) atoms. The Bertz CT molecular complexity index is 545. The number of rotatable bonds is 3. The first-order chi connectivity index (χ1) is 9.86. The summed E-state index contributed by atoms with van der Waals surface area (Å²) in [5.41, 5.74) is -0.611. The second-order valence-corrected chi connectivity index (χ2v) is 5.73. The lowest BCUT2D eigenvalue weighted by Crippen LogP contribution is -2.24. The van der Waals surface area contributed by atoms with Gasteiger partial charge in [-0.25, -0.2) is 0 Å². The molecule has 2 rings (SSSR count). The Morgan fingerprint density at radius 1 is 1.33 bits per heavy atom. The molecule has 114 valence electrons. The van der Waals surface area contributed by atoms with Gasteiger partial charge in [0.25, 0.3) is 0 Å². The molecule has 1 saturated carbocycles. The molecular formula is C16H19F3N2. The van der Waals surface area contributed by atoms with Crippen LogP contribution in [0.25, 0.3) is 0 Å². The van der Waals surface area contributed by atoms with Gasteiger partial charge < -0.3 is 5.32 Å². The van der Waals surface area contributed by atoms with Gasteiger partial charge in [-0.2, -0.15) is 18.4 Å². The predicted octanol–water partition coefficient (Wildman–Crippen LogP) is 4.81. The smallest absolute Gasteiger partial charge is 0.382 e. The molecule has 2 nitrogen and oxygen atoms in total. The molecule has 0 bridgehead atoms. The summed E-state index contributed by atoms with van der Waals surface area (Å²) in [6, 6.07) is 5.60. The average molecular weight is 296 g/mol. The highest BCUT2D eigenvalue weighted by molar-refractivity contribution is 5.54. The number of nitrogens with one attached hydrogen (secondary N) is 1. The molecule has 1 aliphatic rings. The van der Waals surface area contributed by atoms with E-state index in [2.05, 4.69) is 19.2 Å². The van der Waals surface area contributed by atoms with E-state index < -0.39 is 11.7 Å². The zero-order valence-corrected chi connectivity index (χ0v) is 12.2. The predicted molar refractivity (Wildman–Crippen MR) is 75.7 cm³/mol. The Labute approximate surface area is 123 Å². The Hall–Kier alpha value is -1.70. The van der Waals surface area contributed by atoms with Gasteiger partial charge in [-0.3, -0.25) is 0 Å². The molecule has 0 heterocycles. The van der Waals surface area contributed by atoms with E-state index in [1.54, 1.807) is 6.07 Å². The number of anilines is 1. The third-order valence-electron chi connectivity index (χ3n) is 4.55. The normalized spacial score (nSPS) is 25.6. The van der Waals surface area contributed by atoms with Gasteiger partial charge in [0.2, 0.25) is 0 Å². The van der Waals surface area contributed by atoms with Crippen LogP contribution >= 0.6 is 0 Å². The summed E-state index contributed by atoms with van der Waals surface area (Å²) < 4.78 is 38.3. The molecule has 3 atom stereocenters. The highest BCUT2D eigenvalue weighted by Gasteiger charge is 2.34. The number of alkyl halides is 3. The van der Waals surface area contributed by atoms with Crippen molar-refractivity contribution in [2.45, 2.75) is 45.3 Å². The van der Waals surface area contributed by atoms with E-state index in [0.29, 0.717) is 17.5 Å². The largest absolute Gasteiger partial charge is 0.417 e. The zero-order chi connectivity index (χ0) is 15.6. The molecule has 0 aliphatic heterocycles. The highest BCUT2D eigenvalue weighted by Crippen LogP contribution is 2.37. The van der Waals surface area contributed by atoms with Crippen LogP contribution in [0, 0.1) is 23.2 Å². The van der Waals surface area contributed by atoms with E-state index in [0.717, 1.165) is 25.3 Å². The zero-order valence-electron chi connectivity index (χ0n) is 12.2. The number of hydrogen-bond acceptors (Lipinski definition) is 2. The summed E-state index contributed by atoms with van der Waals surface area (Å²) in [7, 11) is 0. The molecule has 1 aliphatic carbocycles. The van der Waals surface area contributed by atoms with E-state index in [1.807, 2.05) is 0 Å². The van der Waals surface area contributed by atoms with Gasteiger partial charge in [-0.05, 0) is 42.9 Å². The Balaban J connectivity index is 2.18. The van der Waals surface area contributed by atoms with Crippen LogP contribution in [0.2, 0.25) is 0 Å². The van der Waals surface area contributed by atoms with Crippen LogP contribution < -0.4 is 5.32 Å². The van der Waals surface area contributed by atoms with Crippen molar-refractivity contribution >= 4 is 5.69 Å². The fourth-order valence-corrected chi connectivity index (χ4v) is 3.22. The summed E-state index contributed by atoms with van der Waals surface area (Å²) in [6.45, 7) is 4.34. The molecule has 1 fully saturated rings. The van der Waals surface area contributed by atoms with E-state index in [9.17, 15) is 13.2 Å². The molecule has 0 saturated heterocycles. The lowest BCUT2D eigenvalue weighted by atomic mass is 9.93. The molecular weight excluding hydrogens is 277 g/mol. The Kier molecular flexibility index (Phi) is 4.46. The van der Waals surface area contributed by atoms with Crippen LogP contribution in [-0.2, 0) is 6.18 Å². The molecule has 0 spiro atoms. The minimum Gasteiger partial charge on any atom is -0.382 e. The van der Waals surface area contributed by atoms with Gasteiger partial charge in [0, 0.05) is 11.7 Å². The second kappa shape index (κ2) is 5.97. The summed E-state index contributed by atoms with van der Waals surface area (Å²) in [5.74, 6) is 1.15. The lowest BCUT2D eigenvalue weighted by molar-refractivity contribution is -0.137. The molecule has 0 amide bonds. The third kappa shape index (κ3) is 3.31. The summed E-state index contributed by atoms with van der Waals surface area (Å²) in [6.07, 6.45) is -1.21. The number of halogens is 3. The Morgan fingerprint density at radius 2 is 2.05 bits per heavy atom. The molecule has 1 N–H and O–H groups in total. The maximum absolute atomic E-state index is 12.8. The van der Waals surface area contributed by atoms with Crippen LogP contribution in [0.1, 0.15) is 44.2 Å². The van der Waals surface area contributed by atoms with Crippen LogP contribution in [0.15, 0.2) is 18.2 Å². The van der Waals surface area contributed by atoms with Crippen LogP contribution in [0.5, 0.6) is 0 Å². The molecule has 5 heteroatoms. The topological polar surface area (TPSA) is 35.8 Å². The molecule has 3 unspecified atom stereocenters. The molecule has 1 aromatic rings. The minimum atomic E-state index is -4.49. The van der Waals surface area contributed by atoms with Gasteiger partial charge in [0.05, 0.1) is 17.2 Å². The summed E-state index contributed by atoms with van der Waals surface area (Å²) in [4.78, 5) is 0. The van der Waals surface area contributed by atoms with Crippen molar-refractivity contribution in [2.24, 2.45) is 11.8 Å². The number of benzene rings is 1. The first kappa shape index (κ1) is 15.7. The quantitative estimate of drug-likeness (QED) is 0.868. The van der Waals surface area contributed by atoms with Gasteiger partial charge in [-0.1, -0.05) is 20.3 Å². The van der Waals surface area contributed by atoms with E-state index in [-0.39, 0.29) is 11.6 Å². The van der Waals surface area contributed by atoms with E-state index >= 15 is 0 Å². The van der Waals surface area contributed by atoms with Gasteiger partial charge >= 0.3 is 6.18 Å². The van der Waals surface area contributed by atoms with Crippen molar-refractivity contribution < 1.29 is 13.2 Å². The van der Waals surface area contributed by atoms with Crippen molar-refractivity contribution in [2.75, 3.05) is 5.32 Å². The fraction of sp³-hybridized carbons (Fsp3) is 0.562. The Morgan fingerprint density at radius 3 is 2.57 bits per heavy atom. The van der Waals surface area contributed by atoms with Crippen molar-refractivity contribution in [3.8, 4) is 6.07 Å². The van der Waals surface area contributed by atoms with Crippen molar-refractivity contribution in [1.29, 1.82) is 5.26 Å². The van der Waals surface area contributed by atoms with Crippen molar-refractivity contribution in [3.05, 3.63) is 29.3 Å². The summed E-state index contributed by atoms with van der Waals surface area (Å²) in [5, 5.41) is 12.2. The SMILES string of the molecule is CCC1CCC(Nc2ccc(C(F)(F)F)c(C#N)c2)C1C. The standard InChI is InChI=1S/C16H19F3N2/c1-3-11-4-7-15(10(11)2)21-13-5-6-14(16(17,18)19)12(8-13)9-20/h5-6,8,10-11,15,21H,3-4,7H2,1-2H3. The lowest BCUT2D eigenvalue weighted by Gasteiger charge is -2.22. The third-order valence-corrected chi connectivity index (χ3v) is 4.55. The monoisotopic (exact) mass is 296 g/mol. The van der Waals surface area contributed by atoms with Crippen molar-refractivity contribution in [1.82, 2.24) is 0 Å². The molecule has 0 radical (unpaired) electrons. The molecule has 1 aromatic carbocycles. The molecule has 0 aromatic heterocycles. The summed E-state index contributed by atoms with van der Waals surface area (Å²) >= 11 is 0. The van der Waals surface area contributed by atoms with Crippen LogP contribution in [0.4, 0.5) is 18.9 Å². The highest BCUT2D eigenvalue weighted by atomic mass is 19.4. The maximum atomic E-state index is 12.8. The minimum absolute atomic E-state index is 0.262. The van der Waals surface area contributed by atoms with Crippen LogP contribution in [0.3, 0.4) is 0 Å². The van der Waals surface area contributed by atoms with Crippen molar-refractivity contribution in [3.63, 3.8) is 0 Å². The van der Waals surface area contributed by atoms with Gasteiger partial charge in [0.15, 0.2) is 0 Å². The average Bonchev–Trinajstić information content (AvgIpc) is 2.78. The number of nitriles is 1. The first-order valence-electron chi connectivity index (χ1n) is 7.24. The first-order valence-corrected chi connectivity index (χ1v) is 7.24. The van der Waals surface area contributed by atoms with E-state index in [1.165, 1.54) is 12.1 Å². The number of nitrogens with zero attached hydrogens (tertiary/aromatic N) is 1.